The molecular formula is C20H23ClN2O4S. The minimum Gasteiger partial charge on any atom is -0.496 e. The number of amides is 1. The van der Waals surface area contributed by atoms with Crippen LogP contribution in [0.4, 0.5) is 5.69 Å². The summed E-state index contributed by atoms with van der Waals surface area (Å²) >= 11 is 6.00. The summed E-state index contributed by atoms with van der Waals surface area (Å²) in [5, 5.41) is 3.19. The maximum atomic E-state index is 12.9. The molecule has 1 amide bonds. The number of nitrogens with one attached hydrogen (secondary N) is 1. The van der Waals surface area contributed by atoms with Gasteiger partial charge in [-0.2, -0.15) is 4.31 Å². The van der Waals surface area contributed by atoms with Crippen LogP contribution >= 0.6 is 11.6 Å². The molecule has 1 fully saturated rings. The van der Waals surface area contributed by atoms with Gasteiger partial charge in [-0.1, -0.05) is 24.1 Å². The van der Waals surface area contributed by atoms with E-state index in [-0.39, 0.29) is 10.5 Å². The molecule has 0 spiro atoms. The molecule has 0 atom stereocenters. The van der Waals surface area contributed by atoms with Gasteiger partial charge in [0.2, 0.25) is 10.0 Å². The van der Waals surface area contributed by atoms with E-state index >= 15 is 0 Å². The zero-order valence-electron chi connectivity index (χ0n) is 15.9. The van der Waals surface area contributed by atoms with Gasteiger partial charge in [0.1, 0.15) is 5.75 Å². The van der Waals surface area contributed by atoms with Crippen molar-refractivity contribution in [2.75, 3.05) is 25.5 Å². The maximum Gasteiger partial charge on any atom is 0.259 e. The maximum absolute atomic E-state index is 12.9. The second-order valence-electron chi connectivity index (χ2n) is 6.74. The smallest absolute Gasteiger partial charge is 0.259 e. The molecule has 28 heavy (non-hydrogen) atoms. The van der Waals surface area contributed by atoms with E-state index in [0.29, 0.717) is 29.5 Å². The van der Waals surface area contributed by atoms with Crippen LogP contribution < -0.4 is 10.1 Å². The lowest BCUT2D eigenvalue weighted by Crippen LogP contribution is -2.35. The Hall–Kier alpha value is -2.09. The summed E-state index contributed by atoms with van der Waals surface area (Å²) < 4.78 is 32.6. The summed E-state index contributed by atoms with van der Waals surface area (Å²) in [6.45, 7) is 2.86. The van der Waals surface area contributed by atoms with Gasteiger partial charge in [-0.15, -0.1) is 0 Å². The highest BCUT2D eigenvalue weighted by atomic mass is 35.5. The number of hydrogen-bond donors (Lipinski definition) is 1. The molecule has 1 heterocycles. The molecule has 0 bridgehead atoms. The Balaban J connectivity index is 1.90. The van der Waals surface area contributed by atoms with Gasteiger partial charge in [0, 0.05) is 23.8 Å². The van der Waals surface area contributed by atoms with Gasteiger partial charge < -0.3 is 10.1 Å². The first kappa shape index (κ1) is 20.6. The third-order valence-electron chi connectivity index (χ3n) is 4.82. The van der Waals surface area contributed by atoms with Crippen molar-refractivity contribution >= 4 is 33.2 Å². The average molecular weight is 423 g/mol. The van der Waals surface area contributed by atoms with Crippen LogP contribution in [-0.2, 0) is 10.0 Å². The van der Waals surface area contributed by atoms with Crippen molar-refractivity contribution in [3.8, 4) is 5.75 Å². The number of ether oxygens (including phenoxy) is 1. The number of carbonyl (C=O) groups excluding carboxylic acids is 1. The van der Waals surface area contributed by atoms with Gasteiger partial charge in [-0.3, -0.25) is 4.79 Å². The Morgan fingerprint density at radius 3 is 2.50 bits per heavy atom. The molecule has 0 unspecified atom stereocenters. The molecule has 0 aromatic heterocycles. The highest BCUT2D eigenvalue weighted by molar-refractivity contribution is 7.89. The number of benzene rings is 2. The van der Waals surface area contributed by atoms with Crippen molar-refractivity contribution < 1.29 is 17.9 Å². The molecule has 150 valence electrons. The number of rotatable bonds is 5. The Labute approximate surface area is 170 Å². The second-order valence-corrected chi connectivity index (χ2v) is 9.11. The van der Waals surface area contributed by atoms with Crippen LogP contribution in [0.25, 0.3) is 0 Å². The zero-order chi connectivity index (χ0) is 20.3. The predicted molar refractivity (Wildman–Crippen MR) is 110 cm³/mol. The highest BCUT2D eigenvalue weighted by Gasteiger charge is 2.26. The molecule has 1 aliphatic rings. The van der Waals surface area contributed by atoms with Crippen molar-refractivity contribution in [1.29, 1.82) is 0 Å². The van der Waals surface area contributed by atoms with Crippen LogP contribution in [0.15, 0.2) is 41.3 Å². The normalized spacial score (nSPS) is 15.2. The van der Waals surface area contributed by atoms with E-state index in [1.165, 1.54) is 23.5 Å². The highest BCUT2D eigenvalue weighted by Crippen LogP contribution is 2.27. The van der Waals surface area contributed by atoms with E-state index in [2.05, 4.69) is 5.32 Å². The van der Waals surface area contributed by atoms with Gasteiger partial charge in [0.25, 0.3) is 5.91 Å². The Morgan fingerprint density at radius 2 is 1.82 bits per heavy atom. The van der Waals surface area contributed by atoms with Gasteiger partial charge in [-0.05, 0) is 55.7 Å². The number of halogens is 1. The summed E-state index contributed by atoms with van der Waals surface area (Å²) in [6, 6.07) is 9.54. The van der Waals surface area contributed by atoms with Crippen LogP contribution in [-0.4, -0.2) is 38.8 Å². The Morgan fingerprint density at radius 1 is 1.11 bits per heavy atom. The number of carbonyl (C=O) groups is 1. The first-order valence-electron chi connectivity index (χ1n) is 9.08. The Bertz CT molecular complexity index is 986. The van der Waals surface area contributed by atoms with Crippen molar-refractivity contribution in [2.24, 2.45) is 0 Å². The molecule has 1 aliphatic heterocycles. The van der Waals surface area contributed by atoms with E-state index in [9.17, 15) is 13.2 Å². The number of piperidine rings is 1. The third-order valence-corrected chi connectivity index (χ3v) is 6.95. The van der Waals surface area contributed by atoms with E-state index in [1.54, 1.807) is 24.3 Å². The van der Waals surface area contributed by atoms with Crippen LogP contribution in [0.3, 0.4) is 0 Å². The largest absolute Gasteiger partial charge is 0.496 e. The lowest BCUT2D eigenvalue weighted by Gasteiger charge is -2.26. The fourth-order valence-electron chi connectivity index (χ4n) is 3.20. The molecule has 1 N–H and O–H groups in total. The monoisotopic (exact) mass is 422 g/mol. The number of hydrogen-bond acceptors (Lipinski definition) is 4. The molecule has 2 aromatic rings. The van der Waals surface area contributed by atoms with E-state index in [1.807, 2.05) is 6.92 Å². The second kappa shape index (κ2) is 8.51. The summed E-state index contributed by atoms with van der Waals surface area (Å²) in [7, 11) is -2.12. The standard InChI is InChI=1S/C20H23ClN2O4S/c1-14-6-8-16(28(25,26)23-10-4-3-5-11-23)13-18(14)22-20(24)17-12-15(21)7-9-19(17)27-2/h6-9,12-13H,3-5,10-11H2,1-2H3,(H,22,24). The van der Waals surface area contributed by atoms with Gasteiger partial charge in [-0.25, -0.2) is 8.42 Å². The van der Waals surface area contributed by atoms with Crippen molar-refractivity contribution in [3.05, 3.63) is 52.5 Å². The summed E-state index contributed by atoms with van der Waals surface area (Å²) in [5.41, 5.74) is 1.47. The van der Waals surface area contributed by atoms with Crippen molar-refractivity contribution in [2.45, 2.75) is 31.1 Å². The first-order valence-corrected chi connectivity index (χ1v) is 10.9. The first-order chi connectivity index (χ1) is 13.3. The third kappa shape index (κ3) is 4.32. The molecular weight excluding hydrogens is 400 g/mol. The minimum absolute atomic E-state index is 0.174. The number of anilines is 1. The summed E-state index contributed by atoms with van der Waals surface area (Å²) in [6.07, 6.45) is 2.77. The summed E-state index contributed by atoms with van der Waals surface area (Å²) in [5.74, 6) is -0.0355. The molecule has 0 saturated carbocycles. The number of sulfonamides is 1. The lowest BCUT2D eigenvalue weighted by atomic mass is 10.1. The average Bonchev–Trinajstić information content (AvgIpc) is 2.70. The van der Waals surface area contributed by atoms with Crippen LogP contribution in [0.2, 0.25) is 5.02 Å². The Kier molecular flexibility index (Phi) is 6.27. The minimum atomic E-state index is -3.59. The van der Waals surface area contributed by atoms with Gasteiger partial charge in [0.05, 0.1) is 17.6 Å². The molecule has 2 aromatic carbocycles. The summed E-state index contributed by atoms with van der Waals surface area (Å²) in [4.78, 5) is 12.9. The molecule has 0 radical (unpaired) electrons. The van der Waals surface area contributed by atoms with Crippen LogP contribution in [0, 0.1) is 6.92 Å². The fourth-order valence-corrected chi connectivity index (χ4v) is 4.91. The van der Waals surface area contributed by atoms with E-state index < -0.39 is 15.9 Å². The molecule has 1 saturated heterocycles. The van der Waals surface area contributed by atoms with Crippen LogP contribution in [0.5, 0.6) is 5.75 Å². The zero-order valence-corrected chi connectivity index (χ0v) is 17.4. The molecule has 6 nitrogen and oxygen atoms in total. The number of nitrogens with zero attached hydrogens (tertiary/aromatic N) is 1. The quantitative estimate of drug-likeness (QED) is 0.787. The lowest BCUT2D eigenvalue weighted by molar-refractivity contribution is 0.102. The van der Waals surface area contributed by atoms with Crippen LogP contribution in [0.1, 0.15) is 35.2 Å². The molecule has 0 aliphatic carbocycles. The molecule has 3 rings (SSSR count). The topological polar surface area (TPSA) is 75.7 Å². The van der Waals surface area contributed by atoms with Crippen molar-refractivity contribution in [3.63, 3.8) is 0 Å². The molecule has 8 heteroatoms. The number of methoxy groups -OCH3 is 1. The van der Waals surface area contributed by atoms with E-state index in [0.717, 1.165) is 24.8 Å². The van der Waals surface area contributed by atoms with E-state index in [4.69, 9.17) is 16.3 Å². The number of aryl methyl sites for hydroxylation is 1. The van der Waals surface area contributed by atoms with Gasteiger partial charge in [0.15, 0.2) is 0 Å². The van der Waals surface area contributed by atoms with Gasteiger partial charge >= 0.3 is 0 Å². The SMILES string of the molecule is COc1ccc(Cl)cc1C(=O)Nc1cc(S(=O)(=O)N2CCCCC2)ccc1C. The predicted octanol–water partition coefficient (Wildman–Crippen LogP) is 4.08. The van der Waals surface area contributed by atoms with Crippen molar-refractivity contribution in [1.82, 2.24) is 4.31 Å². The fraction of sp³-hybridized carbons (Fsp3) is 0.350.